The van der Waals surface area contributed by atoms with Crippen LogP contribution >= 0.6 is 0 Å². The van der Waals surface area contributed by atoms with Crippen LogP contribution in [0.3, 0.4) is 0 Å². The molecular weight excluding hydrogens is 208 g/mol. The molecule has 1 aliphatic rings. The average molecular weight is 232 g/mol. The maximum absolute atomic E-state index is 10.6. The van der Waals surface area contributed by atoms with Crippen molar-refractivity contribution in [3.8, 4) is 0 Å². The summed E-state index contributed by atoms with van der Waals surface area (Å²) < 4.78 is 0. The van der Waals surface area contributed by atoms with Gasteiger partial charge in [-0.25, -0.2) is 0 Å². The lowest BCUT2D eigenvalue weighted by atomic mass is 9.75. The first-order chi connectivity index (χ1) is 7.98. The number of benzene rings is 1. The molecule has 1 nitrogen and oxygen atoms in total. The van der Waals surface area contributed by atoms with Crippen LogP contribution in [0.1, 0.15) is 49.3 Å². The second-order valence-electron chi connectivity index (χ2n) is 6.05. The Hall–Kier alpha value is -0.820. The molecule has 0 bridgehead atoms. The topological polar surface area (TPSA) is 20.2 Å². The molecule has 0 radical (unpaired) electrons. The van der Waals surface area contributed by atoms with Gasteiger partial charge in [0.05, 0.1) is 5.60 Å². The molecule has 1 saturated carbocycles. The van der Waals surface area contributed by atoms with E-state index >= 15 is 0 Å². The van der Waals surface area contributed by atoms with Crippen LogP contribution in [-0.4, -0.2) is 10.7 Å². The second kappa shape index (κ2) is 4.81. The van der Waals surface area contributed by atoms with Crippen LogP contribution in [0.2, 0.25) is 0 Å². The van der Waals surface area contributed by atoms with E-state index in [2.05, 4.69) is 32.0 Å². The molecule has 1 aromatic rings. The molecule has 0 aliphatic heterocycles. The first-order valence-corrected chi connectivity index (χ1v) is 6.75. The van der Waals surface area contributed by atoms with E-state index in [1.165, 1.54) is 36.0 Å². The molecule has 1 N–H and O–H groups in total. The number of aryl methyl sites for hydroxylation is 2. The Kier molecular flexibility index (Phi) is 3.58. The van der Waals surface area contributed by atoms with Crippen molar-refractivity contribution in [1.82, 2.24) is 0 Å². The predicted octanol–water partition coefficient (Wildman–Crippen LogP) is 3.79. The lowest BCUT2D eigenvalue weighted by Crippen LogP contribution is -2.33. The first-order valence-electron chi connectivity index (χ1n) is 6.75. The minimum atomic E-state index is -0.540. The standard InChI is InChI=1S/C16H24O/c1-12-6-4-7-13(2)15(12)11-16(3,17)10-14-8-5-9-14/h4,6-7,14,17H,5,8-11H2,1-3H3. The molecule has 0 spiro atoms. The van der Waals surface area contributed by atoms with Gasteiger partial charge < -0.3 is 5.11 Å². The van der Waals surface area contributed by atoms with Crippen molar-refractivity contribution in [3.05, 3.63) is 34.9 Å². The van der Waals surface area contributed by atoms with Gasteiger partial charge in [0.2, 0.25) is 0 Å². The quantitative estimate of drug-likeness (QED) is 0.837. The van der Waals surface area contributed by atoms with Crippen LogP contribution in [0, 0.1) is 19.8 Å². The fourth-order valence-electron chi connectivity index (χ4n) is 2.90. The highest BCUT2D eigenvalue weighted by atomic mass is 16.3. The molecule has 1 heteroatoms. The van der Waals surface area contributed by atoms with Gasteiger partial charge >= 0.3 is 0 Å². The van der Waals surface area contributed by atoms with Gasteiger partial charge in [-0.15, -0.1) is 0 Å². The third kappa shape index (κ3) is 3.10. The fourth-order valence-corrected chi connectivity index (χ4v) is 2.90. The third-order valence-corrected chi connectivity index (χ3v) is 4.16. The van der Waals surface area contributed by atoms with Crippen LogP contribution in [-0.2, 0) is 6.42 Å². The fraction of sp³-hybridized carbons (Fsp3) is 0.625. The van der Waals surface area contributed by atoms with Crippen LogP contribution in [0.15, 0.2) is 18.2 Å². The predicted molar refractivity (Wildman–Crippen MR) is 72.2 cm³/mol. The van der Waals surface area contributed by atoms with Gasteiger partial charge in [0, 0.05) is 6.42 Å². The molecule has 0 heterocycles. The number of hydrogen-bond donors (Lipinski definition) is 1. The number of hydrogen-bond acceptors (Lipinski definition) is 1. The van der Waals surface area contributed by atoms with Crippen molar-refractivity contribution in [2.45, 2.75) is 58.5 Å². The molecule has 0 saturated heterocycles. The van der Waals surface area contributed by atoms with E-state index in [1.807, 2.05) is 6.92 Å². The first kappa shape index (κ1) is 12.6. The van der Waals surface area contributed by atoms with Crippen molar-refractivity contribution in [1.29, 1.82) is 0 Å². The molecule has 0 aromatic heterocycles. The zero-order valence-electron chi connectivity index (χ0n) is 11.3. The molecule has 1 atom stereocenters. The summed E-state index contributed by atoms with van der Waals surface area (Å²) in [5.74, 6) is 0.759. The summed E-state index contributed by atoms with van der Waals surface area (Å²) in [6.45, 7) is 6.28. The van der Waals surface area contributed by atoms with E-state index in [1.54, 1.807) is 0 Å². The maximum Gasteiger partial charge on any atom is 0.0662 e. The minimum Gasteiger partial charge on any atom is -0.390 e. The van der Waals surface area contributed by atoms with Gasteiger partial charge in [-0.2, -0.15) is 0 Å². The SMILES string of the molecule is Cc1cccc(C)c1CC(C)(O)CC1CCC1. The van der Waals surface area contributed by atoms with Gasteiger partial charge in [-0.05, 0) is 49.8 Å². The molecular formula is C16H24O. The lowest BCUT2D eigenvalue weighted by molar-refractivity contribution is 0.0202. The maximum atomic E-state index is 10.6. The molecule has 17 heavy (non-hydrogen) atoms. The molecule has 1 aliphatic carbocycles. The second-order valence-corrected chi connectivity index (χ2v) is 6.05. The zero-order valence-corrected chi connectivity index (χ0v) is 11.3. The summed E-state index contributed by atoms with van der Waals surface area (Å²) in [5, 5.41) is 10.6. The van der Waals surface area contributed by atoms with E-state index in [0.29, 0.717) is 0 Å². The largest absolute Gasteiger partial charge is 0.390 e. The zero-order chi connectivity index (χ0) is 12.5. The highest BCUT2D eigenvalue weighted by Gasteiger charge is 2.29. The van der Waals surface area contributed by atoms with Crippen LogP contribution in [0.4, 0.5) is 0 Å². The monoisotopic (exact) mass is 232 g/mol. The normalized spacial score (nSPS) is 19.8. The van der Waals surface area contributed by atoms with E-state index < -0.39 is 5.60 Å². The summed E-state index contributed by atoms with van der Waals surface area (Å²) in [6.07, 6.45) is 5.72. The molecule has 2 rings (SSSR count). The Morgan fingerprint density at radius 1 is 1.24 bits per heavy atom. The highest BCUT2D eigenvalue weighted by Crippen LogP contribution is 2.35. The number of rotatable bonds is 4. The van der Waals surface area contributed by atoms with Crippen LogP contribution < -0.4 is 0 Å². The Morgan fingerprint density at radius 3 is 2.29 bits per heavy atom. The Morgan fingerprint density at radius 2 is 1.82 bits per heavy atom. The van der Waals surface area contributed by atoms with Crippen molar-refractivity contribution in [2.75, 3.05) is 0 Å². The van der Waals surface area contributed by atoms with Crippen molar-refractivity contribution >= 4 is 0 Å². The van der Waals surface area contributed by atoms with Gasteiger partial charge in [0.25, 0.3) is 0 Å². The Bertz CT molecular complexity index is 368. The van der Waals surface area contributed by atoms with E-state index in [9.17, 15) is 5.11 Å². The van der Waals surface area contributed by atoms with Gasteiger partial charge in [0.1, 0.15) is 0 Å². The number of aliphatic hydroxyl groups is 1. The molecule has 1 fully saturated rings. The van der Waals surface area contributed by atoms with Crippen LogP contribution in [0.5, 0.6) is 0 Å². The third-order valence-electron chi connectivity index (χ3n) is 4.16. The van der Waals surface area contributed by atoms with Gasteiger partial charge in [-0.3, -0.25) is 0 Å². The van der Waals surface area contributed by atoms with Crippen LogP contribution in [0.25, 0.3) is 0 Å². The van der Waals surface area contributed by atoms with E-state index in [-0.39, 0.29) is 0 Å². The smallest absolute Gasteiger partial charge is 0.0662 e. The van der Waals surface area contributed by atoms with Gasteiger partial charge in [0.15, 0.2) is 0 Å². The van der Waals surface area contributed by atoms with E-state index in [4.69, 9.17) is 0 Å². The Labute approximate surface area is 105 Å². The van der Waals surface area contributed by atoms with Crippen molar-refractivity contribution < 1.29 is 5.11 Å². The summed E-state index contributed by atoms with van der Waals surface area (Å²) in [4.78, 5) is 0. The highest BCUT2D eigenvalue weighted by molar-refractivity contribution is 5.34. The summed E-state index contributed by atoms with van der Waals surface area (Å²) in [7, 11) is 0. The van der Waals surface area contributed by atoms with E-state index in [0.717, 1.165) is 18.8 Å². The summed E-state index contributed by atoms with van der Waals surface area (Å²) >= 11 is 0. The summed E-state index contributed by atoms with van der Waals surface area (Å²) in [6, 6.07) is 6.37. The van der Waals surface area contributed by atoms with Gasteiger partial charge in [-0.1, -0.05) is 37.5 Å². The molecule has 1 aromatic carbocycles. The Balaban J connectivity index is 2.07. The minimum absolute atomic E-state index is 0.540. The molecule has 1 unspecified atom stereocenters. The molecule has 94 valence electrons. The average Bonchev–Trinajstić information content (AvgIpc) is 2.18. The summed E-state index contributed by atoms with van der Waals surface area (Å²) in [5.41, 5.74) is 3.40. The molecule has 0 amide bonds. The van der Waals surface area contributed by atoms with Crippen molar-refractivity contribution in [2.24, 2.45) is 5.92 Å². The van der Waals surface area contributed by atoms with Crippen molar-refractivity contribution in [3.63, 3.8) is 0 Å². The lowest BCUT2D eigenvalue weighted by Gasteiger charge is -2.34.